The van der Waals surface area contributed by atoms with E-state index in [0.717, 1.165) is 25.8 Å². The molecule has 4 N–H and O–H groups in total. The summed E-state index contributed by atoms with van der Waals surface area (Å²) in [6.45, 7) is 3.19. The Kier molecular flexibility index (Phi) is 6.64. The average molecular weight is 254 g/mol. The Morgan fingerprint density at radius 1 is 1.22 bits per heavy atom. The molecule has 0 spiro atoms. The number of hydrogen-bond acceptors (Lipinski definition) is 5. The Labute approximate surface area is 108 Å². The first-order chi connectivity index (χ1) is 8.70. The van der Waals surface area contributed by atoms with Crippen LogP contribution in [0.5, 0.6) is 5.75 Å². The fraction of sp³-hybridized carbons (Fsp3) is 0.615. The second-order valence-corrected chi connectivity index (χ2v) is 4.32. The number of rotatable bonds is 8. The van der Waals surface area contributed by atoms with Crippen molar-refractivity contribution in [1.29, 1.82) is 0 Å². The minimum Gasteiger partial charge on any atom is -0.506 e. The van der Waals surface area contributed by atoms with Gasteiger partial charge in [-0.15, -0.1) is 0 Å². The number of nitrogens with one attached hydrogen (secondary N) is 1. The molecule has 0 bridgehead atoms. The maximum absolute atomic E-state index is 9.90. The molecule has 0 aliphatic rings. The maximum Gasteiger partial charge on any atom is 0.141 e. The molecule has 5 nitrogen and oxygen atoms in total. The van der Waals surface area contributed by atoms with Crippen LogP contribution >= 0.6 is 0 Å². The Balaban J connectivity index is 2.48. The Morgan fingerprint density at radius 3 is 2.67 bits per heavy atom. The van der Waals surface area contributed by atoms with E-state index in [2.05, 4.69) is 10.3 Å². The van der Waals surface area contributed by atoms with Gasteiger partial charge in [-0.05, 0) is 32.7 Å². The predicted molar refractivity (Wildman–Crippen MR) is 69.2 cm³/mol. The fourth-order valence-corrected chi connectivity index (χ4v) is 1.77. The topological polar surface area (TPSA) is 85.6 Å². The van der Waals surface area contributed by atoms with Crippen LogP contribution in [0.2, 0.25) is 0 Å². The fourth-order valence-electron chi connectivity index (χ4n) is 1.77. The van der Waals surface area contributed by atoms with Crippen molar-refractivity contribution in [3.8, 4) is 5.75 Å². The predicted octanol–water partition coefficient (Wildman–Crippen LogP) is 0.840. The second kappa shape index (κ2) is 8.02. The zero-order valence-corrected chi connectivity index (χ0v) is 10.8. The van der Waals surface area contributed by atoms with Crippen molar-refractivity contribution in [2.24, 2.45) is 0 Å². The number of aliphatic hydroxyl groups excluding tert-OH is 2. The monoisotopic (exact) mass is 254 g/mol. The van der Waals surface area contributed by atoms with Crippen molar-refractivity contribution in [2.45, 2.75) is 39.3 Å². The van der Waals surface area contributed by atoms with E-state index in [1.807, 2.05) is 0 Å². The standard InChI is InChI=1S/C13H22N2O3/c1-10-13(18)12(11(9-17)7-15-10)8-14-5-3-2-4-6-16/h7,14,16-18H,2-6,8-9H2,1H3. The molecule has 1 aromatic heterocycles. The molecule has 1 rings (SSSR count). The summed E-state index contributed by atoms with van der Waals surface area (Å²) < 4.78 is 0. The number of nitrogens with zero attached hydrogens (tertiary/aromatic N) is 1. The van der Waals surface area contributed by atoms with Crippen molar-refractivity contribution >= 4 is 0 Å². The Hall–Kier alpha value is -1.17. The quantitative estimate of drug-likeness (QED) is 0.517. The molecule has 0 fully saturated rings. The summed E-state index contributed by atoms with van der Waals surface area (Å²) in [6, 6.07) is 0. The SMILES string of the molecule is Cc1ncc(CO)c(CNCCCCCO)c1O. The van der Waals surface area contributed by atoms with Gasteiger partial charge in [0.2, 0.25) is 0 Å². The van der Waals surface area contributed by atoms with Crippen molar-refractivity contribution in [3.63, 3.8) is 0 Å². The molecule has 0 aliphatic heterocycles. The van der Waals surface area contributed by atoms with E-state index in [4.69, 9.17) is 5.11 Å². The van der Waals surface area contributed by atoms with Crippen molar-refractivity contribution in [2.75, 3.05) is 13.2 Å². The number of unbranched alkanes of at least 4 members (excludes halogenated alkanes) is 2. The van der Waals surface area contributed by atoms with Crippen LogP contribution in [-0.4, -0.2) is 33.5 Å². The third-order valence-electron chi connectivity index (χ3n) is 2.91. The second-order valence-electron chi connectivity index (χ2n) is 4.32. The molecule has 0 radical (unpaired) electrons. The van der Waals surface area contributed by atoms with Crippen LogP contribution < -0.4 is 5.32 Å². The van der Waals surface area contributed by atoms with Crippen LogP contribution in [0.1, 0.15) is 36.1 Å². The highest BCUT2D eigenvalue weighted by molar-refractivity contribution is 5.40. The molecule has 5 heteroatoms. The molecule has 18 heavy (non-hydrogen) atoms. The van der Waals surface area contributed by atoms with Crippen LogP contribution in [-0.2, 0) is 13.2 Å². The highest BCUT2D eigenvalue weighted by Gasteiger charge is 2.10. The Morgan fingerprint density at radius 2 is 2.00 bits per heavy atom. The number of aromatic hydroxyl groups is 1. The average Bonchev–Trinajstić information content (AvgIpc) is 2.38. The van der Waals surface area contributed by atoms with Crippen LogP contribution in [0.15, 0.2) is 6.20 Å². The molecular weight excluding hydrogens is 232 g/mol. The molecule has 1 aromatic rings. The molecule has 0 saturated heterocycles. The molecule has 0 aromatic carbocycles. The number of aliphatic hydroxyl groups is 2. The minimum absolute atomic E-state index is 0.123. The van der Waals surface area contributed by atoms with E-state index in [-0.39, 0.29) is 19.0 Å². The van der Waals surface area contributed by atoms with Gasteiger partial charge in [0.15, 0.2) is 0 Å². The van der Waals surface area contributed by atoms with Crippen molar-refractivity contribution < 1.29 is 15.3 Å². The summed E-state index contributed by atoms with van der Waals surface area (Å²) in [5.74, 6) is 0.157. The van der Waals surface area contributed by atoms with Gasteiger partial charge in [0.05, 0.1) is 12.3 Å². The number of aromatic nitrogens is 1. The van der Waals surface area contributed by atoms with Crippen molar-refractivity contribution in [3.05, 3.63) is 23.0 Å². The number of aryl methyl sites for hydroxylation is 1. The number of hydrogen-bond donors (Lipinski definition) is 4. The largest absolute Gasteiger partial charge is 0.506 e. The molecule has 1 heterocycles. The van der Waals surface area contributed by atoms with E-state index in [0.29, 0.717) is 23.4 Å². The van der Waals surface area contributed by atoms with Gasteiger partial charge in [0, 0.05) is 30.5 Å². The molecule has 0 saturated carbocycles. The lowest BCUT2D eigenvalue weighted by molar-refractivity contribution is 0.278. The van der Waals surface area contributed by atoms with Gasteiger partial charge in [-0.3, -0.25) is 4.98 Å². The Bertz CT molecular complexity index is 369. The lowest BCUT2D eigenvalue weighted by atomic mass is 10.1. The van der Waals surface area contributed by atoms with Gasteiger partial charge >= 0.3 is 0 Å². The summed E-state index contributed by atoms with van der Waals surface area (Å²) in [6.07, 6.45) is 4.39. The van der Waals surface area contributed by atoms with E-state index < -0.39 is 0 Å². The van der Waals surface area contributed by atoms with Crippen LogP contribution in [0, 0.1) is 6.92 Å². The van der Waals surface area contributed by atoms with Gasteiger partial charge in [-0.1, -0.05) is 0 Å². The first kappa shape index (κ1) is 14.9. The van der Waals surface area contributed by atoms with E-state index in [9.17, 15) is 10.2 Å². The summed E-state index contributed by atoms with van der Waals surface area (Å²) >= 11 is 0. The van der Waals surface area contributed by atoms with Crippen molar-refractivity contribution in [1.82, 2.24) is 10.3 Å². The van der Waals surface area contributed by atoms with Gasteiger partial charge in [-0.2, -0.15) is 0 Å². The molecule has 0 aliphatic carbocycles. The first-order valence-corrected chi connectivity index (χ1v) is 6.29. The summed E-state index contributed by atoms with van der Waals surface area (Å²) in [7, 11) is 0. The molecule has 102 valence electrons. The lowest BCUT2D eigenvalue weighted by Gasteiger charge is -2.12. The minimum atomic E-state index is -0.123. The summed E-state index contributed by atoms with van der Waals surface area (Å²) in [5.41, 5.74) is 1.94. The molecule has 0 unspecified atom stereocenters. The smallest absolute Gasteiger partial charge is 0.141 e. The molecular formula is C13H22N2O3. The van der Waals surface area contributed by atoms with Gasteiger partial charge < -0.3 is 20.6 Å². The van der Waals surface area contributed by atoms with Gasteiger partial charge in [0.25, 0.3) is 0 Å². The van der Waals surface area contributed by atoms with Crippen LogP contribution in [0.4, 0.5) is 0 Å². The third kappa shape index (κ3) is 4.25. The third-order valence-corrected chi connectivity index (χ3v) is 2.91. The normalized spacial score (nSPS) is 10.8. The zero-order valence-electron chi connectivity index (χ0n) is 10.8. The maximum atomic E-state index is 9.90. The van der Waals surface area contributed by atoms with Gasteiger partial charge in [0.1, 0.15) is 5.75 Å². The first-order valence-electron chi connectivity index (χ1n) is 6.29. The van der Waals surface area contributed by atoms with E-state index >= 15 is 0 Å². The highest BCUT2D eigenvalue weighted by atomic mass is 16.3. The van der Waals surface area contributed by atoms with E-state index in [1.54, 1.807) is 13.1 Å². The number of pyridine rings is 1. The zero-order chi connectivity index (χ0) is 13.4. The van der Waals surface area contributed by atoms with Crippen LogP contribution in [0.3, 0.4) is 0 Å². The van der Waals surface area contributed by atoms with Crippen LogP contribution in [0.25, 0.3) is 0 Å². The highest BCUT2D eigenvalue weighted by Crippen LogP contribution is 2.23. The summed E-state index contributed by atoms with van der Waals surface area (Å²) in [4.78, 5) is 4.01. The lowest BCUT2D eigenvalue weighted by Crippen LogP contribution is -2.16. The van der Waals surface area contributed by atoms with Gasteiger partial charge in [-0.25, -0.2) is 0 Å². The molecule has 0 atom stereocenters. The molecule has 0 amide bonds. The van der Waals surface area contributed by atoms with E-state index in [1.165, 1.54) is 0 Å². The summed E-state index contributed by atoms with van der Waals surface area (Å²) in [5, 5.41) is 31.0.